The molecule has 0 aliphatic carbocycles. The minimum atomic E-state index is -2.23. The van der Waals surface area contributed by atoms with Crippen LogP contribution in [0, 0.1) is 0 Å². The van der Waals surface area contributed by atoms with Crippen LogP contribution in [0.3, 0.4) is 0 Å². The molecule has 0 N–H and O–H groups in total. The van der Waals surface area contributed by atoms with Gasteiger partial charge in [-0.2, -0.15) is 4.21 Å². The number of carbonyl (C=O) groups excluding carboxylic acids is 2. The Balaban J connectivity index is 2.00. The number of hydrogen-bond acceptors (Lipinski definition) is 5. The van der Waals surface area contributed by atoms with E-state index in [1.54, 1.807) is 38.1 Å². The second-order valence-electron chi connectivity index (χ2n) is 7.93. The Bertz CT molecular complexity index is 850. The van der Waals surface area contributed by atoms with Crippen molar-refractivity contribution in [3.8, 4) is 0 Å². The monoisotopic (exact) mass is 458 g/mol. The van der Waals surface area contributed by atoms with Crippen molar-refractivity contribution in [3.63, 3.8) is 0 Å². The Morgan fingerprint density at radius 3 is 1.50 bits per heavy atom. The Kier molecular flexibility index (Phi) is 10.9. The van der Waals surface area contributed by atoms with Crippen molar-refractivity contribution in [2.45, 2.75) is 78.4 Å². The van der Waals surface area contributed by atoms with Gasteiger partial charge in [-0.3, -0.25) is 18.0 Å². The van der Waals surface area contributed by atoms with E-state index in [4.69, 9.17) is 8.37 Å². The largest absolute Gasteiger partial charge is 0.306 e. The standard InChI is InChI=1S/C26H34O5S/c1-5-7-13-21-15-9-11-17-23(21)25(27)19(3)30-32(29)31-20(4)26(28)24-18-12-10-16-22(24)14-8-6-2/h9-12,15-20H,5-8,13-14H2,1-4H3. The smallest absolute Gasteiger partial charge is 0.291 e. The SMILES string of the molecule is CCCCc1ccccc1C(=O)C(C)OS(=O)OC(C)C(=O)c1ccccc1CCCC. The summed E-state index contributed by atoms with van der Waals surface area (Å²) in [5.74, 6) is -0.505. The molecule has 0 saturated heterocycles. The first kappa shape index (κ1) is 26.1. The fourth-order valence-corrected chi connectivity index (χ4v) is 4.17. The molecule has 0 aliphatic rings. The van der Waals surface area contributed by atoms with Crippen molar-refractivity contribution in [1.29, 1.82) is 0 Å². The summed E-state index contributed by atoms with van der Waals surface area (Å²) in [7, 11) is 0. The van der Waals surface area contributed by atoms with Gasteiger partial charge in [-0.05, 0) is 50.7 Å². The average molecular weight is 459 g/mol. The average Bonchev–Trinajstić information content (AvgIpc) is 2.80. The predicted octanol–water partition coefficient (Wildman–Crippen LogP) is 5.83. The lowest BCUT2D eigenvalue weighted by atomic mass is 9.97. The van der Waals surface area contributed by atoms with Gasteiger partial charge in [0, 0.05) is 11.1 Å². The Morgan fingerprint density at radius 1 is 0.750 bits per heavy atom. The number of rotatable bonds is 14. The van der Waals surface area contributed by atoms with Crippen LogP contribution in [-0.4, -0.2) is 28.0 Å². The van der Waals surface area contributed by atoms with Gasteiger partial charge in [0.05, 0.1) is 0 Å². The van der Waals surface area contributed by atoms with Gasteiger partial charge in [0.15, 0.2) is 11.6 Å². The molecule has 0 aliphatic heterocycles. The molecule has 6 heteroatoms. The van der Waals surface area contributed by atoms with Crippen LogP contribution in [0.4, 0.5) is 0 Å². The molecule has 0 heterocycles. The van der Waals surface area contributed by atoms with Crippen molar-refractivity contribution in [2.24, 2.45) is 0 Å². The fraction of sp³-hybridized carbons (Fsp3) is 0.462. The van der Waals surface area contributed by atoms with Gasteiger partial charge in [0.25, 0.3) is 0 Å². The molecule has 0 bridgehead atoms. The molecule has 0 fully saturated rings. The third-order valence-corrected chi connectivity index (χ3v) is 6.24. The minimum Gasteiger partial charge on any atom is -0.291 e. The van der Waals surface area contributed by atoms with Crippen LogP contribution >= 0.6 is 0 Å². The van der Waals surface area contributed by atoms with E-state index in [-0.39, 0.29) is 11.6 Å². The summed E-state index contributed by atoms with van der Waals surface area (Å²) in [6.07, 6.45) is 3.69. The maximum Gasteiger partial charge on any atom is 0.306 e. The van der Waals surface area contributed by atoms with Gasteiger partial charge in [0.1, 0.15) is 12.2 Å². The molecule has 0 aromatic heterocycles. The lowest BCUT2D eigenvalue weighted by Gasteiger charge is -2.16. The number of Topliss-reactive ketones (excluding diaryl/α,β-unsaturated/α-hetero) is 2. The van der Waals surface area contributed by atoms with Crippen molar-refractivity contribution < 1.29 is 22.2 Å². The van der Waals surface area contributed by atoms with Crippen LogP contribution in [0.2, 0.25) is 0 Å². The highest BCUT2D eigenvalue weighted by atomic mass is 32.2. The number of ketones is 2. The highest BCUT2D eigenvalue weighted by Crippen LogP contribution is 2.18. The highest BCUT2D eigenvalue weighted by molar-refractivity contribution is 7.75. The van der Waals surface area contributed by atoms with Crippen LogP contribution in [0.1, 0.15) is 85.2 Å². The third kappa shape index (κ3) is 7.47. The molecule has 2 rings (SSSR count). The molecule has 0 spiro atoms. The van der Waals surface area contributed by atoms with Crippen molar-refractivity contribution >= 4 is 22.9 Å². The summed E-state index contributed by atoms with van der Waals surface area (Å²) >= 11 is -2.23. The van der Waals surface area contributed by atoms with Crippen molar-refractivity contribution in [3.05, 3.63) is 70.8 Å². The molecule has 0 amide bonds. The summed E-state index contributed by atoms with van der Waals surface area (Å²) in [6, 6.07) is 14.8. The highest BCUT2D eigenvalue weighted by Gasteiger charge is 2.25. The zero-order valence-corrected chi connectivity index (χ0v) is 20.3. The first-order valence-corrected chi connectivity index (χ1v) is 12.4. The molecule has 2 atom stereocenters. The lowest BCUT2D eigenvalue weighted by molar-refractivity contribution is 0.0744. The lowest BCUT2D eigenvalue weighted by Crippen LogP contribution is -2.28. The van der Waals surface area contributed by atoms with E-state index in [1.165, 1.54) is 0 Å². The van der Waals surface area contributed by atoms with Crippen LogP contribution in [-0.2, 0) is 32.6 Å². The van der Waals surface area contributed by atoms with Crippen LogP contribution in [0.25, 0.3) is 0 Å². The van der Waals surface area contributed by atoms with Gasteiger partial charge in [-0.15, -0.1) is 0 Å². The van der Waals surface area contributed by atoms with E-state index in [1.807, 2.05) is 24.3 Å². The maximum atomic E-state index is 12.9. The van der Waals surface area contributed by atoms with Gasteiger partial charge in [-0.1, -0.05) is 75.2 Å². The minimum absolute atomic E-state index is 0.252. The molecular formula is C26H34O5S. The van der Waals surface area contributed by atoms with Crippen LogP contribution in [0.15, 0.2) is 48.5 Å². The quantitative estimate of drug-likeness (QED) is 0.333. The molecule has 5 nitrogen and oxygen atoms in total. The van der Waals surface area contributed by atoms with E-state index in [0.717, 1.165) is 49.7 Å². The summed E-state index contributed by atoms with van der Waals surface area (Å²) in [5, 5.41) is 0. The molecule has 2 aromatic rings. The molecule has 0 saturated carbocycles. The number of aryl methyl sites for hydroxylation is 2. The molecular weight excluding hydrogens is 424 g/mol. The van der Waals surface area contributed by atoms with Crippen molar-refractivity contribution in [2.75, 3.05) is 0 Å². The van der Waals surface area contributed by atoms with Crippen LogP contribution in [0.5, 0.6) is 0 Å². The zero-order valence-electron chi connectivity index (χ0n) is 19.5. The Labute approximate surface area is 194 Å². The second kappa shape index (κ2) is 13.4. The van der Waals surface area contributed by atoms with Crippen LogP contribution < -0.4 is 0 Å². The normalized spacial score (nSPS) is 14.0. The number of hydrogen-bond donors (Lipinski definition) is 0. The van der Waals surface area contributed by atoms with Gasteiger partial charge in [-0.25, -0.2) is 0 Å². The zero-order chi connectivity index (χ0) is 23.5. The Morgan fingerprint density at radius 2 is 1.12 bits per heavy atom. The molecule has 2 aromatic carbocycles. The summed E-state index contributed by atoms with van der Waals surface area (Å²) in [5.41, 5.74) is 3.04. The Hall–Kier alpha value is -2.15. The second-order valence-corrected chi connectivity index (χ2v) is 8.72. The fourth-order valence-electron chi connectivity index (χ4n) is 3.48. The molecule has 174 valence electrons. The summed E-state index contributed by atoms with van der Waals surface area (Å²) < 4.78 is 23.1. The van der Waals surface area contributed by atoms with E-state index in [9.17, 15) is 13.8 Å². The first-order valence-electron chi connectivity index (χ1n) is 11.4. The third-order valence-electron chi connectivity index (χ3n) is 5.35. The number of benzene rings is 2. The molecule has 32 heavy (non-hydrogen) atoms. The van der Waals surface area contributed by atoms with Gasteiger partial charge < -0.3 is 0 Å². The topological polar surface area (TPSA) is 69.7 Å². The predicted molar refractivity (Wildman–Crippen MR) is 128 cm³/mol. The van der Waals surface area contributed by atoms with E-state index < -0.39 is 23.6 Å². The number of carbonyl (C=O) groups is 2. The van der Waals surface area contributed by atoms with E-state index in [0.29, 0.717) is 11.1 Å². The van der Waals surface area contributed by atoms with Crippen molar-refractivity contribution in [1.82, 2.24) is 0 Å². The van der Waals surface area contributed by atoms with E-state index in [2.05, 4.69) is 13.8 Å². The summed E-state index contributed by atoms with van der Waals surface area (Å²) in [4.78, 5) is 25.7. The summed E-state index contributed by atoms with van der Waals surface area (Å²) in [6.45, 7) is 7.29. The van der Waals surface area contributed by atoms with E-state index >= 15 is 0 Å². The van der Waals surface area contributed by atoms with Gasteiger partial charge >= 0.3 is 11.4 Å². The van der Waals surface area contributed by atoms with Gasteiger partial charge in [0.2, 0.25) is 0 Å². The number of unbranched alkanes of at least 4 members (excludes halogenated alkanes) is 2. The molecule has 0 radical (unpaired) electrons. The maximum absolute atomic E-state index is 12.9. The first-order chi connectivity index (χ1) is 15.4. The molecule has 2 unspecified atom stereocenters.